The summed E-state index contributed by atoms with van der Waals surface area (Å²) in [5, 5.41) is 4.87. The number of nitrogens with one attached hydrogen (secondary N) is 1. The summed E-state index contributed by atoms with van der Waals surface area (Å²) in [5.41, 5.74) is 0.989. The summed E-state index contributed by atoms with van der Waals surface area (Å²) in [6, 6.07) is 1.75. The Balaban J connectivity index is 1.66. The van der Waals surface area contributed by atoms with E-state index < -0.39 is 0 Å². The standard InChI is InChI=1S/C15H20Cl2N2O/c16-11-8-12(17)13(18-9-11)10-19-15(5-3-6-15)14-4-1-2-7-20-14/h8-9,14,19H,1-7,10H2. The van der Waals surface area contributed by atoms with E-state index in [1.54, 1.807) is 12.3 Å². The molecule has 110 valence electrons. The van der Waals surface area contributed by atoms with Crippen LogP contribution in [-0.2, 0) is 11.3 Å². The van der Waals surface area contributed by atoms with Gasteiger partial charge >= 0.3 is 0 Å². The average molecular weight is 315 g/mol. The van der Waals surface area contributed by atoms with Crippen LogP contribution in [0.1, 0.15) is 44.2 Å². The fraction of sp³-hybridized carbons (Fsp3) is 0.667. The molecule has 1 aliphatic carbocycles. The predicted octanol–water partition coefficient (Wildman–Crippen LogP) is 3.97. The molecular formula is C15H20Cl2N2O. The monoisotopic (exact) mass is 314 g/mol. The Labute approximate surface area is 130 Å². The molecule has 5 heteroatoms. The normalized spacial score (nSPS) is 25.2. The minimum absolute atomic E-state index is 0.130. The highest BCUT2D eigenvalue weighted by Crippen LogP contribution is 2.40. The molecule has 0 aromatic carbocycles. The maximum atomic E-state index is 6.19. The molecule has 1 unspecified atom stereocenters. The Kier molecular flexibility index (Phi) is 4.51. The highest BCUT2D eigenvalue weighted by Gasteiger charge is 2.44. The lowest BCUT2D eigenvalue weighted by Gasteiger charge is -2.49. The van der Waals surface area contributed by atoms with Gasteiger partial charge in [0.15, 0.2) is 0 Å². The van der Waals surface area contributed by atoms with Crippen molar-refractivity contribution in [2.24, 2.45) is 0 Å². The SMILES string of the molecule is Clc1cnc(CNC2(C3CCCCO3)CCC2)c(Cl)c1. The zero-order valence-corrected chi connectivity index (χ0v) is 13.0. The Morgan fingerprint density at radius 1 is 1.30 bits per heavy atom. The summed E-state index contributed by atoms with van der Waals surface area (Å²) in [7, 11) is 0. The molecule has 3 nitrogen and oxygen atoms in total. The van der Waals surface area contributed by atoms with Gasteiger partial charge in [0.05, 0.1) is 21.8 Å². The smallest absolute Gasteiger partial charge is 0.0756 e. The van der Waals surface area contributed by atoms with E-state index in [2.05, 4.69) is 10.3 Å². The van der Waals surface area contributed by atoms with Crippen LogP contribution in [0.5, 0.6) is 0 Å². The van der Waals surface area contributed by atoms with Crippen molar-refractivity contribution < 1.29 is 4.74 Å². The van der Waals surface area contributed by atoms with E-state index in [1.165, 1.54) is 32.1 Å². The third-order valence-electron chi connectivity index (χ3n) is 4.53. The van der Waals surface area contributed by atoms with E-state index in [4.69, 9.17) is 27.9 Å². The van der Waals surface area contributed by atoms with Crippen molar-refractivity contribution in [1.82, 2.24) is 10.3 Å². The first-order valence-corrected chi connectivity index (χ1v) is 8.12. The third-order valence-corrected chi connectivity index (χ3v) is 5.07. The number of ether oxygens (including phenoxy) is 1. The molecule has 1 saturated heterocycles. The van der Waals surface area contributed by atoms with Gasteiger partial charge in [0.2, 0.25) is 0 Å². The van der Waals surface area contributed by atoms with E-state index in [0.717, 1.165) is 18.7 Å². The molecule has 1 N–H and O–H groups in total. The third kappa shape index (κ3) is 2.96. The second-order valence-electron chi connectivity index (χ2n) is 5.80. The quantitative estimate of drug-likeness (QED) is 0.913. The van der Waals surface area contributed by atoms with Crippen molar-refractivity contribution in [3.8, 4) is 0 Å². The molecule has 3 rings (SSSR count). The lowest BCUT2D eigenvalue weighted by atomic mass is 9.70. The van der Waals surface area contributed by atoms with Crippen LogP contribution in [0, 0.1) is 0 Å². The minimum Gasteiger partial charge on any atom is -0.376 e. The molecule has 0 bridgehead atoms. The number of hydrogen-bond acceptors (Lipinski definition) is 3. The van der Waals surface area contributed by atoms with Crippen molar-refractivity contribution >= 4 is 23.2 Å². The highest BCUT2D eigenvalue weighted by molar-refractivity contribution is 6.34. The van der Waals surface area contributed by atoms with Gasteiger partial charge in [-0.1, -0.05) is 23.2 Å². The summed E-state index contributed by atoms with van der Waals surface area (Å²) in [4.78, 5) is 4.32. The van der Waals surface area contributed by atoms with E-state index >= 15 is 0 Å². The maximum absolute atomic E-state index is 6.19. The molecule has 2 aliphatic rings. The fourth-order valence-corrected chi connectivity index (χ4v) is 3.63. The van der Waals surface area contributed by atoms with Gasteiger partial charge < -0.3 is 10.1 Å². The van der Waals surface area contributed by atoms with Gasteiger partial charge in [-0.05, 0) is 44.6 Å². The zero-order chi connectivity index (χ0) is 14.0. The van der Waals surface area contributed by atoms with Crippen molar-refractivity contribution in [3.63, 3.8) is 0 Å². The summed E-state index contributed by atoms with van der Waals surface area (Å²) >= 11 is 12.1. The summed E-state index contributed by atoms with van der Waals surface area (Å²) in [5.74, 6) is 0. The van der Waals surface area contributed by atoms with Crippen molar-refractivity contribution in [2.75, 3.05) is 6.61 Å². The first kappa shape index (κ1) is 14.6. The lowest BCUT2D eigenvalue weighted by molar-refractivity contribution is -0.0742. The van der Waals surface area contributed by atoms with E-state index in [-0.39, 0.29) is 5.54 Å². The largest absolute Gasteiger partial charge is 0.376 e. The Hall–Kier alpha value is -0.350. The second-order valence-corrected chi connectivity index (χ2v) is 6.64. The molecular weight excluding hydrogens is 295 g/mol. The fourth-order valence-electron chi connectivity index (χ4n) is 3.18. The summed E-state index contributed by atoms with van der Waals surface area (Å²) < 4.78 is 5.99. The highest BCUT2D eigenvalue weighted by atomic mass is 35.5. The van der Waals surface area contributed by atoms with Crippen LogP contribution in [-0.4, -0.2) is 23.2 Å². The van der Waals surface area contributed by atoms with Gasteiger partial charge in [-0.3, -0.25) is 4.98 Å². The van der Waals surface area contributed by atoms with Crippen molar-refractivity contribution in [2.45, 2.75) is 56.7 Å². The summed E-state index contributed by atoms with van der Waals surface area (Å²) in [6.07, 6.45) is 9.26. The topological polar surface area (TPSA) is 34.2 Å². The molecule has 20 heavy (non-hydrogen) atoms. The van der Waals surface area contributed by atoms with Gasteiger partial charge in [0.1, 0.15) is 0 Å². The number of aromatic nitrogens is 1. The van der Waals surface area contributed by atoms with Crippen LogP contribution in [0.25, 0.3) is 0 Å². The Morgan fingerprint density at radius 3 is 2.75 bits per heavy atom. The number of rotatable bonds is 4. The predicted molar refractivity (Wildman–Crippen MR) is 81.3 cm³/mol. The number of nitrogens with zero attached hydrogens (tertiary/aromatic N) is 1. The molecule has 0 spiro atoms. The van der Waals surface area contributed by atoms with Crippen LogP contribution >= 0.6 is 23.2 Å². The average Bonchev–Trinajstić information content (AvgIpc) is 2.41. The molecule has 1 aromatic rings. The van der Waals surface area contributed by atoms with Crippen molar-refractivity contribution in [1.29, 1.82) is 0 Å². The Bertz CT molecular complexity index is 471. The second kappa shape index (κ2) is 6.18. The van der Waals surface area contributed by atoms with Crippen LogP contribution in [0.4, 0.5) is 0 Å². The molecule has 1 saturated carbocycles. The van der Waals surface area contributed by atoms with Crippen LogP contribution in [0.15, 0.2) is 12.3 Å². The molecule has 0 radical (unpaired) electrons. The van der Waals surface area contributed by atoms with Gasteiger partial charge in [-0.2, -0.15) is 0 Å². The molecule has 0 amide bonds. The van der Waals surface area contributed by atoms with E-state index in [1.807, 2.05) is 0 Å². The minimum atomic E-state index is 0.130. The Morgan fingerprint density at radius 2 is 2.15 bits per heavy atom. The van der Waals surface area contributed by atoms with Gasteiger partial charge in [0, 0.05) is 24.9 Å². The van der Waals surface area contributed by atoms with Crippen molar-refractivity contribution in [3.05, 3.63) is 28.0 Å². The van der Waals surface area contributed by atoms with E-state index in [0.29, 0.717) is 22.7 Å². The zero-order valence-electron chi connectivity index (χ0n) is 11.5. The molecule has 1 atom stereocenters. The molecule has 2 fully saturated rings. The van der Waals surface area contributed by atoms with Crippen LogP contribution < -0.4 is 5.32 Å². The maximum Gasteiger partial charge on any atom is 0.0756 e. The van der Waals surface area contributed by atoms with Gasteiger partial charge in [-0.15, -0.1) is 0 Å². The molecule has 1 aliphatic heterocycles. The lowest BCUT2D eigenvalue weighted by Crippen LogP contribution is -2.60. The molecule has 2 heterocycles. The number of hydrogen-bond donors (Lipinski definition) is 1. The summed E-state index contributed by atoms with van der Waals surface area (Å²) in [6.45, 7) is 1.57. The first-order chi connectivity index (χ1) is 9.70. The van der Waals surface area contributed by atoms with E-state index in [9.17, 15) is 0 Å². The van der Waals surface area contributed by atoms with Gasteiger partial charge in [0.25, 0.3) is 0 Å². The van der Waals surface area contributed by atoms with Gasteiger partial charge in [-0.25, -0.2) is 0 Å². The van der Waals surface area contributed by atoms with Crippen LogP contribution in [0.2, 0.25) is 10.0 Å². The number of halogens is 2. The number of pyridine rings is 1. The molecule has 1 aromatic heterocycles. The van der Waals surface area contributed by atoms with Crippen LogP contribution in [0.3, 0.4) is 0 Å². The first-order valence-electron chi connectivity index (χ1n) is 7.36.